The van der Waals surface area contributed by atoms with E-state index in [9.17, 15) is 0 Å². The second kappa shape index (κ2) is 9.40. The first-order valence-corrected chi connectivity index (χ1v) is 13.8. The van der Waals surface area contributed by atoms with Crippen LogP contribution in [0.15, 0.2) is 60.7 Å². The quantitative estimate of drug-likeness (QED) is 0.350. The highest BCUT2D eigenvalue weighted by Gasteiger charge is 2.38. The van der Waals surface area contributed by atoms with Crippen molar-refractivity contribution in [2.24, 2.45) is 0 Å². The summed E-state index contributed by atoms with van der Waals surface area (Å²) in [4.78, 5) is 0. The zero-order valence-corrected chi connectivity index (χ0v) is 20.3. The van der Waals surface area contributed by atoms with Gasteiger partial charge in [0.25, 0.3) is 0 Å². The molecule has 3 rings (SSSR count). The number of methoxy groups -OCH3 is 1. The standard InChI is InChI=1S/C26H36O3Si/c1-26(2,3)30(5,6)29-24-16-11-20(12-17-24)10-15-23-8-7-9-25(28-23)21-13-18-22(27-4)19-14-21/h7,9,11-14,16-19,23,25H,8,10,15H2,1-6H3/t23-,25-/m1/s1. The van der Waals surface area contributed by atoms with E-state index in [2.05, 4.69) is 82.4 Å². The summed E-state index contributed by atoms with van der Waals surface area (Å²) in [6, 6.07) is 16.8. The number of ether oxygens (including phenoxy) is 2. The van der Waals surface area contributed by atoms with Gasteiger partial charge in [-0.1, -0.05) is 57.2 Å². The molecule has 2 aromatic carbocycles. The van der Waals surface area contributed by atoms with Crippen LogP contribution in [0.2, 0.25) is 18.1 Å². The fourth-order valence-electron chi connectivity index (χ4n) is 3.33. The summed E-state index contributed by atoms with van der Waals surface area (Å²) in [5.74, 6) is 1.86. The van der Waals surface area contributed by atoms with Gasteiger partial charge in [0.15, 0.2) is 0 Å². The fraction of sp³-hybridized carbons (Fsp3) is 0.462. The maximum Gasteiger partial charge on any atom is 0.250 e. The summed E-state index contributed by atoms with van der Waals surface area (Å²) in [6.45, 7) is 11.4. The van der Waals surface area contributed by atoms with Crippen LogP contribution >= 0.6 is 0 Å². The smallest absolute Gasteiger partial charge is 0.250 e. The van der Waals surface area contributed by atoms with E-state index in [1.807, 2.05) is 12.1 Å². The minimum Gasteiger partial charge on any atom is -0.544 e. The Morgan fingerprint density at radius 1 is 0.967 bits per heavy atom. The molecule has 0 saturated heterocycles. The van der Waals surface area contributed by atoms with Crippen LogP contribution in [0.1, 0.15) is 50.8 Å². The van der Waals surface area contributed by atoms with Gasteiger partial charge in [-0.2, -0.15) is 0 Å². The van der Waals surface area contributed by atoms with Crippen LogP contribution in [0, 0.1) is 0 Å². The molecule has 0 N–H and O–H groups in total. The van der Waals surface area contributed by atoms with E-state index in [4.69, 9.17) is 13.9 Å². The van der Waals surface area contributed by atoms with Crippen molar-refractivity contribution < 1.29 is 13.9 Å². The zero-order chi connectivity index (χ0) is 21.8. The van der Waals surface area contributed by atoms with E-state index in [0.717, 1.165) is 30.8 Å². The molecule has 0 aromatic heterocycles. The lowest BCUT2D eigenvalue weighted by atomic mass is 10.0. The molecule has 1 heterocycles. The maximum absolute atomic E-state index is 6.39. The molecule has 2 atom stereocenters. The van der Waals surface area contributed by atoms with Gasteiger partial charge in [0.05, 0.1) is 13.2 Å². The van der Waals surface area contributed by atoms with Crippen LogP contribution in [0.3, 0.4) is 0 Å². The van der Waals surface area contributed by atoms with Crippen LogP contribution in [0.4, 0.5) is 0 Å². The summed E-state index contributed by atoms with van der Waals surface area (Å²) in [6.07, 6.45) is 7.66. The Morgan fingerprint density at radius 2 is 1.60 bits per heavy atom. The normalized spacial score (nSPS) is 19.5. The molecule has 0 unspecified atom stereocenters. The van der Waals surface area contributed by atoms with Gasteiger partial charge in [0.2, 0.25) is 8.32 Å². The molecule has 1 aliphatic heterocycles. The molecule has 0 bridgehead atoms. The Bertz CT molecular complexity index is 832. The Labute approximate surface area is 183 Å². The van der Waals surface area contributed by atoms with Crippen LogP contribution in [0.5, 0.6) is 11.5 Å². The molecule has 1 aliphatic rings. The van der Waals surface area contributed by atoms with Gasteiger partial charge in [-0.15, -0.1) is 0 Å². The molecule has 3 nitrogen and oxygen atoms in total. The van der Waals surface area contributed by atoms with Crippen LogP contribution in [-0.4, -0.2) is 21.5 Å². The SMILES string of the molecule is COc1ccc([C@H]2C=CC[C@H](CCc3ccc(O[Si](C)(C)C(C)(C)C)cc3)O2)cc1. The summed E-state index contributed by atoms with van der Waals surface area (Å²) in [5.41, 5.74) is 2.50. The summed E-state index contributed by atoms with van der Waals surface area (Å²) >= 11 is 0. The van der Waals surface area contributed by atoms with E-state index in [1.165, 1.54) is 11.1 Å². The van der Waals surface area contributed by atoms with Crippen molar-refractivity contribution in [3.63, 3.8) is 0 Å². The molecule has 4 heteroatoms. The van der Waals surface area contributed by atoms with E-state index >= 15 is 0 Å². The molecule has 2 aromatic rings. The van der Waals surface area contributed by atoms with Gasteiger partial charge in [-0.25, -0.2) is 0 Å². The lowest BCUT2D eigenvalue weighted by molar-refractivity contribution is 0.000722. The lowest BCUT2D eigenvalue weighted by Gasteiger charge is -2.36. The first-order chi connectivity index (χ1) is 14.2. The third-order valence-corrected chi connectivity index (χ3v) is 10.7. The second-order valence-electron chi connectivity index (χ2n) is 9.66. The van der Waals surface area contributed by atoms with E-state index in [1.54, 1.807) is 7.11 Å². The maximum atomic E-state index is 6.39. The minimum atomic E-state index is -1.79. The lowest BCUT2D eigenvalue weighted by Crippen LogP contribution is -2.43. The fourth-order valence-corrected chi connectivity index (χ4v) is 4.36. The molecule has 30 heavy (non-hydrogen) atoms. The highest BCUT2D eigenvalue weighted by Crippen LogP contribution is 2.37. The van der Waals surface area contributed by atoms with Crippen molar-refractivity contribution in [3.8, 4) is 11.5 Å². The van der Waals surface area contributed by atoms with Crippen molar-refractivity contribution in [1.29, 1.82) is 0 Å². The number of aryl methyl sites for hydroxylation is 1. The Morgan fingerprint density at radius 3 is 2.20 bits per heavy atom. The van der Waals surface area contributed by atoms with Gasteiger partial charge in [0.1, 0.15) is 17.6 Å². The van der Waals surface area contributed by atoms with Gasteiger partial charge in [-0.05, 0) is 72.8 Å². The molecule has 0 aliphatic carbocycles. The summed E-state index contributed by atoms with van der Waals surface area (Å²) < 4.78 is 18.0. The van der Waals surface area contributed by atoms with Crippen LogP contribution < -0.4 is 9.16 Å². The number of hydrogen-bond acceptors (Lipinski definition) is 3. The highest BCUT2D eigenvalue weighted by atomic mass is 28.4. The van der Waals surface area contributed by atoms with Gasteiger partial charge in [0, 0.05) is 0 Å². The predicted octanol–water partition coefficient (Wildman–Crippen LogP) is 7.10. The van der Waals surface area contributed by atoms with Crippen molar-refractivity contribution in [1.82, 2.24) is 0 Å². The first-order valence-electron chi connectivity index (χ1n) is 10.9. The average Bonchev–Trinajstić information content (AvgIpc) is 2.72. The Balaban J connectivity index is 1.53. The molecular weight excluding hydrogens is 388 g/mol. The number of hydrogen-bond donors (Lipinski definition) is 0. The molecule has 0 amide bonds. The number of benzene rings is 2. The summed E-state index contributed by atoms with van der Waals surface area (Å²) in [5, 5.41) is 0.206. The molecule has 0 saturated carbocycles. The van der Waals surface area contributed by atoms with Crippen molar-refractivity contribution in [2.75, 3.05) is 7.11 Å². The van der Waals surface area contributed by atoms with Gasteiger partial charge < -0.3 is 13.9 Å². The Hall–Kier alpha value is -2.04. The molecule has 0 spiro atoms. The molecule has 0 radical (unpaired) electrons. The summed E-state index contributed by atoms with van der Waals surface area (Å²) in [7, 11) is -0.101. The van der Waals surface area contributed by atoms with E-state index in [0.29, 0.717) is 0 Å². The van der Waals surface area contributed by atoms with Crippen molar-refractivity contribution in [2.45, 2.75) is 70.4 Å². The van der Waals surface area contributed by atoms with Crippen molar-refractivity contribution in [3.05, 3.63) is 71.8 Å². The van der Waals surface area contributed by atoms with Crippen molar-refractivity contribution >= 4 is 8.32 Å². The minimum absolute atomic E-state index is 0.0232. The monoisotopic (exact) mass is 424 g/mol. The predicted molar refractivity (Wildman–Crippen MR) is 127 cm³/mol. The average molecular weight is 425 g/mol. The molecular formula is C26H36O3Si. The van der Waals surface area contributed by atoms with Gasteiger partial charge >= 0.3 is 0 Å². The molecule has 0 fully saturated rings. The van der Waals surface area contributed by atoms with Crippen LogP contribution in [-0.2, 0) is 11.2 Å². The molecule has 162 valence electrons. The zero-order valence-electron chi connectivity index (χ0n) is 19.3. The third kappa shape index (κ3) is 5.76. The van der Waals surface area contributed by atoms with E-state index < -0.39 is 8.32 Å². The second-order valence-corrected chi connectivity index (χ2v) is 14.4. The Kier molecular flexibility index (Phi) is 7.09. The topological polar surface area (TPSA) is 27.7 Å². The largest absolute Gasteiger partial charge is 0.544 e. The van der Waals surface area contributed by atoms with Crippen LogP contribution in [0.25, 0.3) is 0 Å². The first kappa shape index (κ1) is 22.6. The third-order valence-electron chi connectivity index (χ3n) is 6.35. The van der Waals surface area contributed by atoms with Gasteiger partial charge in [-0.3, -0.25) is 0 Å². The number of rotatable bonds is 7. The van der Waals surface area contributed by atoms with E-state index in [-0.39, 0.29) is 17.2 Å². The highest BCUT2D eigenvalue weighted by molar-refractivity contribution is 6.74.